The molecule has 0 amide bonds. The zero-order valence-corrected chi connectivity index (χ0v) is 9.67. The largest absolute Gasteiger partial charge is 0.474 e. The average Bonchev–Trinajstić information content (AvgIpc) is 2.54. The summed E-state index contributed by atoms with van der Waals surface area (Å²) in [4.78, 5) is 6.75. The van der Waals surface area contributed by atoms with Gasteiger partial charge in [0.2, 0.25) is 5.88 Å². The van der Waals surface area contributed by atoms with Gasteiger partial charge in [-0.05, 0) is 38.8 Å². The van der Waals surface area contributed by atoms with Crippen LogP contribution in [-0.4, -0.2) is 35.1 Å². The van der Waals surface area contributed by atoms with Gasteiger partial charge in [0, 0.05) is 24.3 Å². The third-order valence-electron chi connectivity index (χ3n) is 3.98. The van der Waals surface area contributed by atoms with Gasteiger partial charge >= 0.3 is 0 Å². The monoisotopic (exact) mass is 218 g/mol. The third-order valence-corrected chi connectivity index (χ3v) is 3.98. The molecular weight excluding hydrogens is 200 g/mol. The van der Waals surface area contributed by atoms with Gasteiger partial charge in [0.1, 0.15) is 6.10 Å². The average molecular weight is 218 g/mol. The van der Waals surface area contributed by atoms with E-state index in [2.05, 4.69) is 16.9 Å². The summed E-state index contributed by atoms with van der Waals surface area (Å²) in [5.74, 6) is 0.774. The van der Waals surface area contributed by atoms with Crippen LogP contribution in [0.1, 0.15) is 25.7 Å². The Bertz CT molecular complexity index is 340. The number of fused-ring (bicyclic) bond motifs is 2. The molecule has 3 heteroatoms. The minimum Gasteiger partial charge on any atom is -0.474 e. The SMILES string of the molecule is CN1[C@@H]2CC[C@H]1CC(Oc1ccccn1)C2. The normalized spacial score (nSPS) is 33.9. The Morgan fingerprint density at radius 3 is 2.62 bits per heavy atom. The number of aromatic nitrogens is 1. The Morgan fingerprint density at radius 1 is 1.25 bits per heavy atom. The van der Waals surface area contributed by atoms with E-state index in [4.69, 9.17) is 4.74 Å². The van der Waals surface area contributed by atoms with Gasteiger partial charge in [-0.1, -0.05) is 6.07 Å². The van der Waals surface area contributed by atoms with Gasteiger partial charge in [0.15, 0.2) is 0 Å². The maximum absolute atomic E-state index is 5.95. The van der Waals surface area contributed by atoms with Crippen molar-refractivity contribution in [2.75, 3.05) is 7.05 Å². The second kappa shape index (κ2) is 4.06. The Balaban J connectivity index is 1.66. The Labute approximate surface area is 96.4 Å². The summed E-state index contributed by atoms with van der Waals surface area (Å²) in [7, 11) is 2.25. The van der Waals surface area contributed by atoms with E-state index in [1.54, 1.807) is 6.20 Å². The van der Waals surface area contributed by atoms with Gasteiger partial charge in [0.25, 0.3) is 0 Å². The highest BCUT2D eigenvalue weighted by atomic mass is 16.5. The molecule has 2 aliphatic heterocycles. The molecule has 2 aliphatic rings. The number of pyridine rings is 1. The van der Waals surface area contributed by atoms with E-state index in [1.165, 1.54) is 12.8 Å². The van der Waals surface area contributed by atoms with Crippen molar-refractivity contribution >= 4 is 0 Å². The van der Waals surface area contributed by atoms with Gasteiger partial charge in [-0.15, -0.1) is 0 Å². The molecule has 0 N–H and O–H groups in total. The van der Waals surface area contributed by atoms with Crippen LogP contribution in [0.3, 0.4) is 0 Å². The van der Waals surface area contributed by atoms with Gasteiger partial charge in [-0.25, -0.2) is 4.98 Å². The minimum atomic E-state index is 0.364. The van der Waals surface area contributed by atoms with E-state index in [0.717, 1.165) is 30.8 Å². The second-order valence-electron chi connectivity index (χ2n) is 4.93. The molecule has 0 radical (unpaired) electrons. The van der Waals surface area contributed by atoms with E-state index in [0.29, 0.717) is 6.10 Å². The van der Waals surface area contributed by atoms with E-state index < -0.39 is 0 Å². The second-order valence-corrected chi connectivity index (χ2v) is 4.93. The topological polar surface area (TPSA) is 25.4 Å². The quantitative estimate of drug-likeness (QED) is 0.760. The molecule has 1 unspecified atom stereocenters. The molecule has 86 valence electrons. The van der Waals surface area contributed by atoms with Crippen molar-refractivity contribution < 1.29 is 4.74 Å². The summed E-state index contributed by atoms with van der Waals surface area (Å²) >= 11 is 0. The lowest BCUT2D eigenvalue weighted by molar-refractivity contribution is 0.0633. The summed E-state index contributed by atoms with van der Waals surface area (Å²) < 4.78 is 5.95. The highest BCUT2D eigenvalue weighted by Crippen LogP contribution is 2.35. The Kier molecular flexibility index (Phi) is 2.56. The summed E-state index contributed by atoms with van der Waals surface area (Å²) in [5, 5.41) is 0. The molecule has 2 saturated heterocycles. The summed E-state index contributed by atoms with van der Waals surface area (Å²) in [6, 6.07) is 7.30. The first kappa shape index (κ1) is 10.1. The predicted molar refractivity (Wildman–Crippen MR) is 62.5 cm³/mol. The van der Waals surface area contributed by atoms with Crippen LogP contribution in [0, 0.1) is 0 Å². The van der Waals surface area contributed by atoms with Gasteiger partial charge in [-0.2, -0.15) is 0 Å². The molecule has 0 spiro atoms. The van der Waals surface area contributed by atoms with Gasteiger partial charge < -0.3 is 9.64 Å². The van der Waals surface area contributed by atoms with Gasteiger partial charge in [0.05, 0.1) is 0 Å². The third kappa shape index (κ3) is 1.80. The lowest BCUT2D eigenvalue weighted by Crippen LogP contribution is -2.43. The number of piperidine rings is 1. The van der Waals surface area contributed by atoms with Crippen LogP contribution >= 0.6 is 0 Å². The first-order chi connectivity index (χ1) is 7.83. The summed E-state index contributed by atoms with van der Waals surface area (Å²) in [6.45, 7) is 0. The zero-order chi connectivity index (χ0) is 11.0. The van der Waals surface area contributed by atoms with Crippen LogP contribution in [0.5, 0.6) is 5.88 Å². The molecule has 3 heterocycles. The van der Waals surface area contributed by atoms with Crippen molar-refractivity contribution in [1.82, 2.24) is 9.88 Å². The number of ether oxygens (including phenoxy) is 1. The molecule has 0 aliphatic carbocycles. The Hall–Kier alpha value is -1.09. The first-order valence-corrected chi connectivity index (χ1v) is 6.12. The first-order valence-electron chi connectivity index (χ1n) is 6.12. The molecular formula is C13H18N2O. The van der Waals surface area contributed by atoms with E-state index >= 15 is 0 Å². The summed E-state index contributed by atoms with van der Waals surface area (Å²) in [5.41, 5.74) is 0. The lowest BCUT2D eigenvalue weighted by Gasteiger charge is -2.35. The van der Waals surface area contributed by atoms with Crippen LogP contribution in [0.15, 0.2) is 24.4 Å². The number of nitrogens with zero attached hydrogens (tertiary/aromatic N) is 2. The maximum Gasteiger partial charge on any atom is 0.213 e. The van der Waals surface area contributed by atoms with Crippen LogP contribution < -0.4 is 4.74 Å². The van der Waals surface area contributed by atoms with Crippen LogP contribution in [0.2, 0.25) is 0 Å². The lowest BCUT2D eigenvalue weighted by atomic mass is 10.0. The van der Waals surface area contributed by atoms with E-state index in [1.807, 2.05) is 18.2 Å². The molecule has 1 aromatic rings. The fourth-order valence-corrected chi connectivity index (χ4v) is 3.05. The summed E-state index contributed by atoms with van der Waals surface area (Å²) in [6.07, 6.45) is 7.14. The predicted octanol–water partition coefficient (Wildman–Crippen LogP) is 2.09. The van der Waals surface area contributed by atoms with Crippen molar-refractivity contribution in [1.29, 1.82) is 0 Å². The van der Waals surface area contributed by atoms with E-state index in [-0.39, 0.29) is 0 Å². The number of hydrogen-bond acceptors (Lipinski definition) is 3. The smallest absolute Gasteiger partial charge is 0.213 e. The molecule has 3 rings (SSSR count). The van der Waals surface area contributed by atoms with Crippen LogP contribution in [0.4, 0.5) is 0 Å². The maximum atomic E-state index is 5.95. The number of hydrogen-bond donors (Lipinski definition) is 0. The van der Waals surface area contributed by atoms with Crippen molar-refractivity contribution in [3.8, 4) is 5.88 Å². The number of rotatable bonds is 2. The fourth-order valence-electron chi connectivity index (χ4n) is 3.05. The molecule has 16 heavy (non-hydrogen) atoms. The Morgan fingerprint density at radius 2 is 2.00 bits per heavy atom. The molecule has 2 bridgehead atoms. The minimum absolute atomic E-state index is 0.364. The molecule has 3 nitrogen and oxygen atoms in total. The molecule has 0 saturated carbocycles. The van der Waals surface area contributed by atoms with Crippen LogP contribution in [-0.2, 0) is 0 Å². The zero-order valence-electron chi connectivity index (χ0n) is 9.67. The van der Waals surface area contributed by atoms with Crippen molar-refractivity contribution in [2.24, 2.45) is 0 Å². The molecule has 3 atom stereocenters. The molecule has 2 fully saturated rings. The molecule has 0 aromatic carbocycles. The fraction of sp³-hybridized carbons (Fsp3) is 0.615. The van der Waals surface area contributed by atoms with Crippen molar-refractivity contribution in [2.45, 2.75) is 43.9 Å². The van der Waals surface area contributed by atoms with Crippen LogP contribution in [0.25, 0.3) is 0 Å². The standard InChI is InChI=1S/C13H18N2O/c1-15-10-5-6-11(15)9-12(8-10)16-13-4-2-3-7-14-13/h2-4,7,10-12H,5-6,8-9H2,1H3/t10-,11+,12?. The van der Waals surface area contributed by atoms with Crippen molar-refractivity contribution in [3.63, 3.8) is 0 Å². The van der Waals surface area contributed by atoms with Gasteiger partial charge in [-0.3, -0.25) is 0 Å². The van der Waals surface area contributed by atoms with E-state index in [9.17, 15) is 0 Å². The highest BCUT2D eigenvalue weighted by molar-refractivity contribution is 5.10. The van der Waals surface area contributed by atoms with Crippen molar-refractivity contribution in [3.05, 3.63) is 24.4 Å². The highest BCUT2D eigenvalue weighted by Gasteiger charge is 2.39. The molecule has 1 aromatic heterocycles.